The van der Waals surface area contributed by atoms with Crippen molar-refractivity contribution in [2.75, 3.05) is 4.90 Å². The standard InChI is InChI=1S/C48H29N3O2/c1-2-12-32(13-3-1)49-38-16-6-4-14-34(38)36-26-30(22-24-40(36)49)31-23-25-41-37(27-31)35-15-5-7-17-39(35)50(41)33-28-46-48-47(29-33)53-45-21-11-9-19-43(45)51(48)42-18-8-10-20-44(42)52-46/h1-29H. The lowest BCUT2D eigenvalue weighted by atomic mass is 10.0. The van der Waals surface area contributed by atoms with Gasteiger partial charge in [0, 0.05) is 39.4 Å². The van der Waals surface area contributed by atoms with Crippen LogP contribution in [-0.2, 0) is 0 Å². The number of benzene rings is 8. The van der Waals surface area contributed by atoms with Crippen LogP contribution in [0.3, 0.4) is 0 Å². The second-order valence-electron chi connectivity index (χ2n) is 13.8. The van der Waals surface area contributed by atoms with Crippen molar-refractivity contribution in [2.45, 2.75) is 0 Å². The fourth-order valence-corrected chi connectivity index (χ4v) is 8.58. The summed E-state index contributed by atoms with van der Waals surface area (Å²) in [6.45, 7) is 0. The van der Waals surface area contributed by atoms with Crippen molar-refractivity contribution in [1.29, 1.82) is 0 Å². The van der Waals surface area contributed by atoms with Crippen LogP contribution in [0, 0.1) is 0 Å². The Bertz CT molecular complexity index is 3070. The molecule has 2 aliphatic rings. The van der Waals surface area contributed by atoms with Crippen molar-refractivity contribution in [3.8, 4) is 45.5 Å². The summed E-state index contributed by atoms with van der Waals surface area (Å²) in [4.78, 5) is 2.26. The summed E-state index contributed by atoms with van der Waals surface area (Å²) in [6.07, 6.45) is 0. The second-order valence-corrected chi connectivity index (χ2v) is 13.8. The molecule has 10 aromatic rings. The summed E-state index contributed by atoms with van der Waals surface area (Å²) in [5.74, 6) is 3.15. The molecule has 248 valence electrons. The van der Waals surface area contributed by atoms with E-state index in [1.807, 2.05) is 36.4 Å². The Morgan fingerprint density at radius 3 is 1.34 bits per heavy atom. The molecule has 0 radical (unpaired) electrons. The predicted octanol–water partition coefficient (Wildman–Crippen LogP) is 13.2. The SMILES string of the molecule is c1ccc(-n2c3ccccc3c3cc(-c4ccc5c(c4)c4ccccc4n5-c4cc5c6c(c4)Oc4ccccc4N6c4ccccc4O5)ccc32)cc1. The third-order valence-corrected chi connectivity index (χ3v) is 10.9. The summed E-state index contributed by atoms with van der Waals surface area (Å²) < 4.78 is 18.0. The van der Waals surface area contributed by atoms with Crippen molar-refractivity contribution in [3.63, 3.8) is 0 Å². The van der Waals surface area contributed by atoms with E-state index in [2.05, 4.69) is 154 Å². The van der Waals surface area contributed by atoms with Gasteiger partial charge in [-0.2, -0.15) is 0 Å². The first-order chi connectivity index (χ1) is 26.3. The zero-order chi connectivity index (χ0) is 34.6. The van der Waals surface area contributed by atoms with Gasteiger partial charge in [-0.25, -0.2) is 0 Å². The van der Waals surface area contributed by atoms with E-state index in [1.54, 1.807) is 0 Å². The number of ether oxygens (including phenoxy) is 2. The minimum atomic E-state index is 0.760. The highest BCUT2D eigenvalue weighted by molar-refractivity contribution is 6.13. The first kappa shape index (κ1) is 28.5. The normalized spacial score (nSPS) is 12.8. The number of hydrogen-bond donors (Lipinski definition) is 0. The third-order valence-electron chi connectivity index (χ3n) is 10.9. The molecule has 12 rings (SSSR count). The van der Waals surface area contributed by atoms with E-state index in [4.69, 9.17) is 9.47 Å². The van der Waals surface area contributed by atoms with E-state index >= 15 is 0 Å². The van der Waals surface area contributed by atoms with E-state index in [-0.39, 0.29) is 0 Å². The lowest BCUT2D eigenvalue weighted by Gasteiger charge is -2.38. The molecule has 0 unspecified atom stereocenters. The van der Waals surface area contributed by atoms with Crippen molar-refractivity contribution < 1.29 is 9.47 Å². The molecule has 0 spiro atoms. The molecule has 8 aromatic carbocycles. The van der Waals surface area contributed by atoms with Gasteiger partial charge in [0.05, 0.1) is 39.1 Å². The smallest absolute Gasteiger partial charge is 0.157 e. The van der Waals surface area contributed by atoms with Crippen LogP contribution in [0.1, 0.15) is 0 Å². The number of aromatic nitrogens is 2. The molecule has 0 saturated heterocycles. The van der Waals surface area contributed by atoms with Gasteiger partial charge in [0.15, 0.2) is 23.0 Å². The summed E-state index contributed by atoms with van der Waals surface area (Å²) in [5, 5.41) is 4.87. The maximum atomic E-state index is 6.64. The maximum absolute atomic E-state index is 6.64. The second kappa shape index (κ2) is 10.6. The van der Waals surface area contributed by atoms with Crippen LogP contribution >= 0.6 is 0 Å². The van der Waals surface area contributed by atoms with Crippen LogP contribution in [0.2, 0.25) is 0 Å². The number of nitrogens with zero attached hydrogens (tertiary/aromatic N) is 3. The molecule has 0 atom stereocenters. The van der Waals surface area contributed by atoms with Gasteiger partial charge in [-0.05, 0) is 83.9 Å². The van der Waals surface area contributed by atoms with Crippen LogP contribution in [0.5, 0.6) is 23.0 Å². The Kier molecular flexibility index (Phi) is 5.71. The predicted molar refractivity (Wildman–Crippen MR) is 215 cm³/mol. The summed E-state index contributed by atoms with van der Waals surface area (Å²) in [6, 6.07) is 62.4. The lowest BCUT2D eigenvalue weighted by Crippen LogP contribution is -2.20. The van der Waals surface area contributed by atoms with Crippen LogP contribution < -0.4 is 14.4 Å². The zero-order valence-corrected chi connectivity index (χ0v) is 28.4. The number of para-hydroxylation sites is 7. The van der Waals surface area contributed by atoms with Crippen LogP contribution in [0.15, 0.2) is 176 Å². The van der Waals surface area contributed by atoms with Gasteiger partial charge in [-0.15, -0.1) is 0 Å². The highest BCUT2D eigenvalue weighted by atomic mass is 16.5. The van der Waals surface area contributed by atoms with E-state index in [0.29, 0.717) is 0 Å². The first-order valence-electron chi connectivity index (χ1n) is 17.9. The summed E-state index contributed by atoms with van der Waals surface area (Å²) >= 11 is 0. The van der Waals surface area contributed by atoms with Crippen molar-refractivity contribution in [2.24, 2.45) is 0 Å². The molecule has 2 aromatic heterocycles. The molecular weight excluding hydrogens is 651 g/mol. The van der Waals surface area contributed by atoms with Crippen LogP contribution in [0.4, 0.5) is 17.1 Å². The average Bonchev–Trinajstić information content (AvgIpc) is 3.73. The molecule has 0 N–H and O–H groups in total. The monoisotopic (exact) mass is 679 g/mol. The Balaban J connectivity index is 1.04. The molecule has 0 saturated carbocycles. The van der Waals surface area contributed by atoms with Gasteiger partial charge in [-0.1, -0.05) is 91.0 Å². The minimum absolute atomic E-state index is 0.760. The molecule has 4 heterocycles. The van der Waals surface area contributed by atoms with Gasteiger partial charge >= 0.3 is 0 Å². The third kappa shape index (κ3) is 4.02. The Morgan fingerprint density at radius 1 is 0.321 bits per heavy atom. The molecule has 0 bridgehead atoms. The molecule has 0 amide bonds. The maximum Gasteiger partial charge on any atom is 0.157 e. The highest BCUT2D eigenvalue weighted by Crippen LogP contribution is 2.60. The van der Waals surface area contributed by atoms with E-state index in [0.717, 1.165) is 62.5 Å². The highest BCUT2D eigenvalue weighted by Gasteiger charge is 2.35. The Morgan fingerprint density at radius 2 is 0.774 bits per heavy atom. The van der Waals surface area contributed by atoms with Gasteiger partial charge in [0.25, 0.3) is 0 Å². The number of fused-ring (bicyclic) bond motifs is 10. The molecule has 5 nitrogen and oxygen atoms in total. The number of rotatable bonds is 3. The average molecular weight is 680 g/mol. The van der Waals surface area contributed by atoms with Crippen molar-refractivity contribution in [1.82, 2.24) is 9.13 Å². The van der Waals surface area contributed by atoms with E-state index < -0.39 is 0 Å². The molecule has 0 fully saturated rings. The molecular formula is C48H29N3O2. The largest absolute Gasteiger partial charge is 0.453 e. The Hall–Kier alpha value is -7.24. The Labute approximate surface area is 304 Å². The fraction of sp³-hybridized carbons (Fsp3) is 0. The van der Waals surface area contributed by atoms with Gasteiger partial charge < -0.3 is 18.6 Å². The topological polar surface area (TPSA) is 31.6 Å². The fourth-order valence-electron chi connectivity index (χ4n) is 8.58. The van der Waals surface area contributed by atoms with Gasteiger partial charge in [0.2, 0.25) is 0 Å². The lowest BCUT2D eigenvalue weighted by molar-refractivity contribution is 0.445. The van der Waals surface area contributed by atoms with Crippen LogP contribution in [0.25, 0.3) is 66.1 Å². The summed E-state index contributed by atoms with van der Waals surface area (Å²) in [5.41, 5.74) is 12.1. The van der Waals surface area contributed by atoms with Gasteiger partial charge in [-0.3, -0.25) is 4.90 Å². The summed E-state index contributed by atoms with van der Waals surface area (Å²) in [7, 11) is 0. The van der Waals surface area contributed by atoms with Gasteiger partial charge in [0.1, 0.15) is 5.69 Å². The van der Waals surface area contributed by atoms with Crippen LogP contribution in [-0.4, -0.2) is 9.13 Å². The first-order valence-corrected chi connectivity index (χ1v) is 17.9. The zero-order valence-electron chi connectivity index (χ0n) is 28.4. The quantitative estimate of drug-likeness (QED) is 0.186. The van der Waals surface area contributed by atoms with Crippen molar-refractivity contribution >= 4 is 60.7 Å². The van der Waals surface area contributed by atoms with E-state index in [9.17, 15) is 0 Å². The van der Waals surface area contributed by atoms with Crippen molar-refractivity contribution in [3.05, 3.63) is 176 Å². The van der Waals surface area contributed by atoms with E-state index in [1.165, 1.54) is 43.7 Å². The number of anilines is 3. The molecule has 0 aliphatic carbocycles. The molecule has 2 aliphatic heterocycles. The molecule has 5 heteroatoms. The number of hydrogen-bond acceptors (Lipinski definition) is 3. The minimum Gasteiger partial charge on any atom is -0.453 e. The molecule has 53 heavy (non-hydrogen) atoms.